The smallest absolute Gasteiger partial charge is 0.282 e. The highest BCUT2D eigenvalue weighted by atomic mass is 31.3. The second-order valence-corrected chi connectivity index (χ2v) is 11.4. The van der Waals surface area contributed by atoms with Crippen molar-refractivity contribution in [3.8, 4) is 0 Å². The molecule has 204 valence electrons. The maximum atomic E-state index is 13.7. The van der Waals surface area contributed by atoms with E-state index >= 15 is 0 Å². The van der Waals surface area contributed by atoms with Gasteiger partial charge in [0.1, 0.15) is 13.2 Å². The average molecular weight is 570 g/mol. The summed E-state index contributed by atoms with van der Waals surface area (Å²) in [6.07, 6.45) is 0. The van der Waals surface area contributed by atoms with Crippen molar-refractivity contribution in [1.29, 1.82) is 0 Å². The molecule has 4 rings (SSSR count). The van der Waals surface area contributed by atoms with Crippen molar-refractivity contribution in [1.82, 2.24) is 0 Å². The maximum Gasteiger partial charge on any atom is 0.538 e. The molecule has 0 aliphatic rings. The summed E-state index contributed by atoms with van der Waals surface area (Å²) in [5.74, 6) is 0. The Hall–Kier alpha value is -2.94. The maximum absolute atomic E-state index is 13.7. The molecule has 0 amide bonds. The first-order chi connectivity index (χ1) is 19.0. The van der Waals surface area contributed by atoms with Gasteiger partial charge in [-0.2, -0.15) is 4.31 Å². The number of hydrogen-bond donors (Lipinski definition) is 0. The summed E-state index contributed by atoms with van der Waals surface area (Å²) in [5, 5.41) is 0. The molecule has 11 heteroatoms. The van der Waals surface area contributed by atoms with Crippen LogP contribution in [0.25, 0.3) is 0 Å². The molecule has 39 heavy (non-hydrogen) atoms. The van der Waals surface area contributed by atoms with Crippen LogP contribution in [0.1, 0.15) is 22.3 Å². The standard InChI is InChI=1S/C28H28O9P2/c29-38(33-23-27-17-9-3-10-18-27,34-24-28-19-11-4-12-20-28)37-39(30,35-31-21-25-13-5-1-6-14-25)36-32-22-26-15-7-2-8-16-26/h1-20H,21-24H2. The van der Waals surface area contributed by atoms with Crippen molar-refractivity contribution in [3.63, 3.8) is 0 Å². The molecule has 0 saturated heterocycles. The van der Waals surface area contributed by atoms with Crippen LogP contribution in [0, 0.1) is 0 Å². The zero-order valence-electron chi connectivity index (χ0n) is 20.9. The summed E-state index contributed by atoms with van der Waals surface area (Å²) >= 11 is 0. The molecular formula is C28H28O9P2. The molecule has 0 atom stereocenters. The zero-order chi connectivity index (χ0) is 27.2. The van der Waals surface area contributed by atoms with E-state index in [-0.39, 0.29) is 26.4 Å². The van der Waals surface area contributed by atoms with E-state index in [2.05, 4.69) is 0 Å². The molecule has 0 aromatic heterocycles. The molecule has 0 radical (unpaired) electrons. The second-order valence-electron chi connectivity index (χ2n) is 8.14. The van der Waals surface area contributed by atoms with Crippen LogP contribution in [0.3, 0.4) is 0 Å². The molecule has 0 saturated carbocycles. The summed E-state index contributed by atoms with van der Waals surface area (Å²) in [6.45, 7) is -0.530. The van der Waals surface area contributed by atoms with Gasteiger partial charge in [0, 0.05) is 0 Å². The molecule has 4 aromatic carbocycles. The van der Waals surface area contributed by atoms with E-state index in [0.29, 0.717) is 11.1 Å². The van der Waals surface area contributed by atoms with E-state index in [1.54, 1.807) is 97.1 Å². The number of phosphoric acid groups is 2. The van der Waals surface area contributed by atoms with E-state index in [9.17, 15) is 9.13 Å². The molecule has 0 fully saturated rings. The van der Waals surface area contributed by atoms with Crippen molar-refractivity contribution in [3.05, 3.63) is 144 Å². The largest absolute Gasteiger partial charge is 0.538 e. The highest BCUT2D eigenvalue weighted by Gasteiger charge is 2.43. The Kier molecular flexibility index (Phi) is 11.2. The number of benzene rings is 4. The molecule has 9 nitrogen and oxygen atoms in total. The Morgan fingerprint density at radius 2 is 0.718 bits per heavy atom. The third-order valence-corrected chi connectivity index (χ3v) is 8.16. The summed E-state index contributed by atoms with van der Waals surface area (Å²) in [7, 11) is -9.38. The normalized spacial score (nSPS) is 11.9. The van der Waals surface area contributed by atoms with E-state index in [1.165, 1.54) is 0 Å². The first kappa shape index (κ1) is 29.1. The van der Waals surface area contributed by atoms with Crippen molar-refractivity contribution >= 4 is 15.6 Å². The Labute approximate surface area is 227 Å². The lowest BCUT2D eigenvalue weighted by atomic mass is 10.2. The Balaban J connectivity index is 1.49. The highest BCUT2D eigenvalue weighted by molar-refractivity contribution is 7.62. The predicted molar refractivity (Wildman–Crippen MR) is 143 cm³/mol. The number of hydrogen-bond acceptors (Lipinski definition) is 9. The molecule has 0 unspecified atom stereocenters. The van der Waals surface area contributed by atoms with Gasteiger partial charge in [0.25, 0.3) is 0 Å². The lowest BCUT2D eigenvalue weighted by Gasteiger charge is -2.22. The van der Waals surface area contributed by atoms with Crippen LogP contribution < -0.4 is 0 Å². The Morgan fingerprint density at radius 3 is 1.05 bits per heavy atom. The SMILES string of the molecule is O=P(OCc1ccccc1)(OCc1ccccc1)OP(=O)(OOCc1ccccc1)OOCc1ccccc1. The van der Waals surface area contributed by atoms with Gasteiger partial charge in [-0.25, -0.2) is 18.9 Å². The average Bonchev–Trinajstić information content (AvgIpc) is 2.97. The quantitative estimate of drug-likeness (QED) is 0.0755. The number of phosphoric ester groups is 1. The van der Waals surface area contributed by atoms with E-state index in [4.69, 9.17) is 32.5 Å². The van der Waals surface area contributed by atoms with Gasteiger partial charge in [-0.15, -0.1) is 9.35 Å². The fourth-order valence-corrected chi connectivity index (χ4v) is 5.82. The zero-order valence-corrected chi connectivity index (χ0v) is 22.7. The topological polar surface area (TPSA) is 98.8 Å². The monoisotopic (exact) mass is 570 g/mol. The van der Waals surface area contributed by atoms with Crippen molar-refractivity contribution in [2.75, 3.05) is 0 Å². The Bertz CT molecular complexity index is 1240. The van der Waals surface area contributed by atoms with Crippen LogP contribution in [0.5, 0.6) is 0 Å². The summed E-state index contributed by atoms with van der Waals surface area (Å²) in [6, 6.07) is 35.9. The fraction of sp³-hybridized carbons (Fsp3) is 0.143. The predicted octanol–water partition coefficient (Wildman–Crippen LogP) is 7.95. The van der Waals surface area contributed by atoms with Crippen LogP contribution in [0.4, 0.5) is 0 Å². The second kappa shape index (κ2) is 15.0. The first-order valence-corrected chi connectivity index (χ1v) is 14.9. The van der Waals surface area contributed by atoms with Crippen LogP contribution in [0.2, 0.25) is 0 Å². The van der Waals surface area contributed by atoms with Gasteiger partial charge in [0.05, 0.1) is 13.2 Å². The molecule has 0 aliphatic heterocycles. The highest BCUT2D eigenvalue weighted by Crippen LogP contribution is 2.66. The minimum absolute atomic E-state index is 0.101. The van der Waals surface area contributed by atoms with Gasteiger partial charge in [-0.3, -0.25) is 9.05 Å². The van der Waals surface area contributed by atoms with Crippen molar-refractivity contribution < 1.29 is 41.6 Å². The lowest BCUT2D eigenvalue weighted by molar-refractivity contribution is -0.287. The fourth-order valence-electron chi connectivity index (χ4n) is 3.17. The molecule has 0 N–H and O–H groups in total. The molecule has 0 aliphatic carbocycles. The first-order valence-electron chi connectivity index (χ1n) is 12.0. The molecule has 0 spiro atoms. The van der Waals surface area contributed by atoms with Crippen LogP contribution in [-0.2, 0) is 68.0 Å². The van der Waals surface area contributed by atoms with Crippen LogP contribution >= 0.6 is 15.6 Å². The summed E-state index contributed by atoms with van der Waals surface area (Å²) in [5.41, 5.74) is 2.81. The minimum Gasteiger partial charge on any atom is -0.282 e. The van der Waals surface area contributed by atoms with Gasteiger partial charge in [0.2, 0.25) is 0 Å². The third-order valence-electron chi connectivity index (χ3n) is 5.09. The summed E-state index contributed by atoms with van der Waals surface area (Å²) in [4.78, 5) is 10.3. The van der Waals surface area contributed by atoms with Gasteiger partial charge in [0.15, 0.2) is 0 Å². The van der Waals surface area contributed by atoms with Gasteiger partial charge >= 0.3 is 15.6 Å². The minimum atomic E-state index is -4.81. The Morgan fingerprint density at radius 1 is 0.410 bits per heavy atom. The summed E-state index contributed by atoms with van der Waals surface area (Å²) < 4.78 is 53.7. The lowest BCUT2D eigenvalue weighted by Crippen LogP contribution is -2.06. The van der Waals surface area contributed by atoms with E-state index in [0.717, 1.165) is 11.1 Å². The molecule has 4 aromatic rings. The van der Waals surface area contributed by atoms with Crippen molar-refractivity contribution in [2.24, 2.45) is 0 Å². The van der Waals surface area contributed by atoms with Gasteiger partial charge in [-0.1, -0.05) is 121 Å². The van der Waals surface area contributed by atoms with E-state index < -0.39 is 15.6 Å². The molecule has 0 bridgehead atoms. The van der Waals surface area contributed by atoms with Crippen LogP contribution in [-0.4, -0.2) is 0 Å². The van der Waals surface area contributed by atoms with Crippen molar-refractivity contribution in [2.45, 2.75) is 26.4 Å². The molecule has 0 heterocycles. The number of rotatable bonds is 16. The third kappa shape index (κ3) is 10.3. The van der Waals surface area contributed by atoms with Gasteiger partial charge < -0.3 is 0 Å². The van der Waals surface area contributed by atoms with Crippen LogP contribution in [0.15, 0.2) is 121 Å². The van der Waals surface area contributed by atoms with E-state index in [1.807, 2.05) is 24.3 Å². The van der Waals surface area contributed by atoms with Gasteiger partial charge in [-0.05, 0) is 22.3 Å². The molecular weight excluding hydrogens is 542 g/mol.